The summed E-state index contributed by atoms with van der Waals surface area (Å²) in [6.45, 7) is 5.69. The molecule has 2 atom stereocenters. The second-order valence-corrected chi connectivity index (χ2v) is 3.54. The molecule has 0 amide bonds. The SMILES string of the molecule is CC1=CC(C)C(C)C(F)=C1Cl. The molecule has 0 radical (unpaired) electrons. The molecule has 0 heterocycles. The van der Waals surface area contributed by atoms with E-state index in [9.17, 15) is 4.39 Å². The molecule has 0 aliphatic heterocycles. The van der Waals surface area contributed by atoms with Crippen LogP contribution < -0.4 is 0 Å². The maximum atomic E-state index is 13.2. The van der Waals surface area contributed by atoms with E-state index >= 15 is 0 Å². The van der Waals surface area contributed by atoms with Crippen LogP contribution in [-0.4, -0.2) is 0 Å². The van der Waals surface area contributed by atoms with Crippen molar-refractivity contribution in [3.05, 3.63) is 22.5 Å². The van der Waals surface area contributed by atoms with Crippen LogP contribution in [-0.2, 0) is 0 Å². The Hall–Kier alpha value is -0.300. The van der Waals surface area contributed by atoms with Gasteiger partial charge in [0.1, 0.15) is 5.83 Å². The van der Waals surface area contributed by atoms with Crippen molar-refractivity contribution in [1.82, 2.24) is 0 Å². The van der Waals surface area contributed by atoms with Crippen molar-refractivity contribution in [2.45, 2.75) is 20.8 Å². The largest absolute Gasteiger partial charge is 0.210 e. The zero-order valence-corrected chi connectivity index (χ0v) is 7.74. The maximum Gasteiger partial charge on any atom is 0.122 e. The van der Waals surface area contributed by atoms with Crippen LogP contribution >= 0.6 is 11.6 Å². The predicted octanol–water partition coefficient (Wildman–Crippen LogP) is 3.64. The Balaban J connectivity index is 3.02. The van der Waals surface area contributed by atoms with Gasteiger partial charge < -0.3 is 0 Å². The van der Waals surface area contributed by atoms with E-state index in [0.29, 0.717) is 5.03 Å². The highest BCUT2D eigenvalue weighted by atomic mass is 35.5. The summed E-state index contributed by atoms with van der Waals surface area (Å²) in [4.78, 5) is 0. The first kappa shape index (κ1) is 8.79. The lowest BCUT2D eigenvalue weighted by molar-refractivity contribution is 0.411. The quantitative estimate of drug-likeness (QED) is 0.526. The van der Waals surface area contributed by atoms with Crippen LogP contribution in [0.4, 0.5) is 4.39 Å². The molecule has 11 heavy (non-hydrogen) atoms. The third-order valence-electron chi connectivity index (χ3n) is 2.26. The Morgan fingerprint density at radius 3 is 2.55 bits per heavy atom. The molecule has 0 saturated carbocycles. The van der Waals surface area contributed by atoms with E-state index in [1.165, 1.54) is 0 Å². The lowest BCUT2D eigenvalue weighted by Crippen LogP contribution is -2.12. The van der Waals surface area contributed by atoms with E-state index in [1.54, 1.807) is 0 Å². The lowest BCUT2D eigenvalue weighted by atomic mass is 9.88. The first-order chi connectivity index (χ1) is 5.04. The highest BCUT2D eigenvalue weighted by molar-refractivity contribution is 6.32. The minimum absolute atomic E-state index is 0.0637. The summed E-state index contributed by atoms with van der Waals surface area (Å²) in [5.41, 5.74) is 0.856. The Morgan fingerprint density at radius 2 is 2.00 bits per heavy atom. The average molecular weight is 175 g/mol. The van der Waals surface area contributed by atoms with Gasteiger partial charge in [0.2, 0.25) is 0 Å². The van der Waals surface area contributed by atoms with Gasteiger partial charge in [0.25, 0.3) is 0 Å². The topological polar surface area (TPSA) is 0 Å². The molecule has 0 saturated heterocycles. The average Bonchev–Trinajstić information content (AvgIpc) is 1.97. The summed E-state index contributed by atoms with van der Waals surface area (Å²) in [5, 5.41) is 0.301. The molecule has 0 fully saturated rings. The molecule has 1 aliphatic carbocycles. The molecule has 0 bridgehead atoms. The van der Waals surface area contributed by atoms with Crippen LogP contribution in [0.1, 0.15) is 20.8 Å². The molecule has 0 N–H and O–H groups in total. The van der Waals surface area contributed by atoms with Crippen LogP contribution in [0, 0.1) is 11.8 Å². The van der Waals surface area contributed by atoms with Gasteiger partial charge in [0.15, 0.2) is 0 Å². The third kappa shape index (κ3) is 1.48. The molecule has 1 aliphatic rings. The minimum atomic E-state index is -0.167. The molecule has 1 rings (SSSR count). The smallest absolute Gasteiger partial charge is 0.122 e. The molecule has 0 aromatic heterocycles. The highest BCUT2D eigenvalue weighted by Crippen LogP contribution is 2.35. The molecular weight excluding hydrogens is 163 g/mol. The van der Waals surface area contributed by atoms with Gasteiger partial charge in [-0.3, -0.25) is 0 Å². The van der Waals surface area contributed by atoms with Crippen molar-refractivity contribution < 1.29 is 4.39 Å². The molecule has 0 aromatic rings. The van der Waals surface area contributed by atoms with Crippen LogP contribution in [0.3, 0.4) is 0 Å². The number of halogens is 2. The predicted molar refractivity (Wildman–Crippen MR) is 46.1 cm³/mol. The molecular formula is C9H12ClF. The van der Waals surface area contributed by atoms with Crippen molar-refractivity contribution in [3.63, 3.8) is 0 Å². The van der Waals surface area contributed by atoms with E-state index in [1.807, 2.05) is 26.8 Å². The fourth-order valence-corrected chi connectivity index (χ4v) is 1.47. The summed E-state index contributed by atoms with van der Waals surface area (Å²) in [6.07, 6.45) is 2.01. The number of rotatable bonds is 0. The van der Waals surface area contributed by atoms with Crippen LogP contribution in [0.25, 0.3) is 0 Å². The zero-order valence-electron chi connectivity index (χ0n) is 6.99. The number of hydrogen-bond donors (Lipinski definition) is 0. The maximum absolute atomic E-state index is 13.2. The zero-order chi connectivity index (χ0) is 8.59. The van der Waals surface area contributed by atoms with Gasteiger partial charge >= 0.3 is 0 Å². The molecule has 0 spiro atoms. The fraction of sp³-hybridized carbons (Fsp3) is 0.556. The van der Waals surface area contributed by atoms with E-state index in [0.717, 1.165) is 5.57 Å². The van der Waals surface area contributed by atoms with Crippen molar-refractivity contribution >= 4 is 11.6 Å². The second kappa shape index (κ2) is 2.98. The molecule has 2 heteroatoms. The molecule has 2 unspecified atom stereocenters. The Labute approximate surface area is 71.7 Å². The normalized spacial score (nSPS) is 32.3. The van der Waals surface area contributed by atoms with Crippen molar-refractivity contribution in [2.75, 3.05) is 0 Å². The summed E-state index contributed by atoms with van der Waals surface area (Å²) >= 11 is 5.71. The molecule has 0 aromatic carbocycles. The second-order valence-electron chi connectivity index (χ2n) is 3.16. The van der Waals surface area contributed by atoms with Gasteiger partial charge in [0, 0.05) is 5.92 Å². The fourth-order valence-electron chi connectivity index (χ4n) is 1.23. The summed E-state index contributed by atoms with van der Waals surface area (Å²) in [5.74, 6) is 0.0304. The van der Waals surface area contributed by atoms with E-state index < -0.39 is 0 Å². The first-order valence-corrected chi connectivity index (χ1v) is 4.15. The van der Waals surface area contributed by atoms with Gasteiger partial charge in [-0.15, -0.1) is 0 Å². The summed E-state index contributed by atoms with van der Waals surface area (Å²) in [6, 6.07) is 0. The van der Waals surface area contributed by atoms with Crippen LogP contribution in [0.15, 0.2) is 22.5 Å². The van der Waals surface area contributed by atoms with E-state index in [4.69, 9.17) is 11.6 Å². The van der Waals surface area contributed by atoms with Crippen molar-refractivity contribution in [3.8, 4) is 0 Å². The Kier molecular flexibility index (Phi) is 2.38. The third-order valence-corrected chi connectivity index (χ3v) is 2.74. The monoisotopic (exact) mass is 174 g/mol. The number of allylic oxidation sites excluding steroid dienone is 4. The van der Waals surface area contributed by atoms with E-state index in [-0.39, 0.29) is 17.7 Å². The van der Waals surface area contributed by atoms with Crippen LogP contribution in [0.5, 0.6) is 0 Å². The minimum Gasteiger partial charge on any atom is -0.210 e. The van der Waals surface area contributed by atoms with Gasteiger partial charge in [-0.05, 0) is 18.4 Å². The first-order valence-electron chi connectivity index (χ1n) is 3.78. The lowest BCUT2D eigenvalue weighted by Gasteiger charge is -2.21. The standard InChI is InChI=1S/C9H12ClF/c1-5-4-6(2)8(10)9(11)7(5)3/h4-5,7H,1-3H3. The molecule has 0 nitrogen and oxygen atoms in total. The highest BCUT2D eigenvalue weighted by Gasteiger charge is 2.23. The Morgan fingerprint density at radius 1 is 1.45 bits per heavy atom. The van der Waals surface area contributed by atoms with Crippen molar-refractivity contribution in [1.29, 1.82) is 0 Å². The number of hydrogen-bond acceptors (Lipinski definition) is 0. The Bertz CT molecular complexity index is 228. The van der Waals surface area contributed by atoms with Gasteiger partial charge in [0.05, 0.1) is 5.03 Å². The molecule has 62 valence electrons. The summed E-state index contributed by atoms with van der Waals surface area (Å²) in [7, 11) is 0. The summed E-state index contributed by atoms with van der Waals surface area (Å²) < 4.78 is 13.2. The van der Waals surface area contributed by atoms with Crippen LogP contribution in [0.2, 0.25) is 0 Å². The van der Waals surface area contributed by atoms with Gasteiger partial charge in [-0.2, -0.15) is 0 Å². The van der Waals surface area contributed by atoms with E-state index in [2.05, 4.69) is 0 Å². The van der Waals surface area contributed by atoms with Crippen molar-refractivity contribution in [2.24, 2.45) is 11.8 Å². The van der Waals surface area contributed by atoms with Gasteiger partial charge in [-0.25, -0.2) is 4.39 Å². The van der Waals surface area contributed by atoms with Gasteiger partial charge in [-0.1, -0.05) is 31.5 Å².